The molecule has 114 valence electrons. The van der Waals surface area contributed by atoms with E-state index in [2.05, 4.69) is 4.98 Å². The number of aromatic nitrogens is 1. The fraction of sp³-hybridized carbons (Fsp3) is 0.222. The lowest BCUT2D eigenvalue weighted by Crippen LogP contribution is -2.07. The van der Waals surface area contributed by atoms with Gasteiger partial charge in [0.05, 0.1) is 4.24 Å². The quantitative estimate of drug-likeness (QED) is 0.556. The summed E-state index contributed by atoms with van der Waals surface area (Å²) in [7, 11) is 0. The molecule has 2 aromatic rings. The molecule has 0 unspecified atom stereocenters. The SMILES string of the molecule is CC.Cc1ccc(C(=O)C(=C2SCS2)c2ccncc2)cc1. The van der Waals surface area contributed by atoms with Gasteiger partial charge < -0.3 is 0 Å². The topological polar surface area (TPSA) is 30.0 Å². The first-order valence-corrected chi connectivity index (χ1v) is 9.24. The number of carbonyl (C=O) groups excluding carboxylic acids is 1. The number of rotatable bonds is 3. The number of ketones is 1. The van der Waals surface area contributed by atoms with Crippen LogP contribution in [0.3, 0.4) is 0 Å². The zero-order valence-electron chi connectivity index (χ0n) is 13.0. The molecule has 0 atom stereocenters. The number of Topliss-reactive ketones (excluding diaryl/α,β-unsaturated/α-hetero) is 1. The van der Waals surface area contributed by atoms with Crippen molar-refractivity contribution in [3.63, 3.8) is 0 Å². The van der Waals surface area contributed by atoms with E-state index >= 15 is 0 Å². The van der Waals surface area contributed by atoms with Crippen LogP contribution in [0.4, 0.5) is 0 Å². The lowest BCUT2D eigenvalue weighted by molar-refractivity contribution is 0.105. The molecule has 2 nitrogen and oxygen atoms in total. The number of benzene rings is 1. The molecule has 4 heteroatoms. The van der Waals surface area contributed by atoms with E-state index in [0.717, 1.165) is 31.6 Å². The van der Waals surface area contributed by atoms with Crippen LogP contribution in [0.15, 0.2) is 53.0 Å². The van der Waals surface area contributed by atoms with Crippen molar-refractivity contribution >= 4 is 34.9 Å². The van der Waals surface area contributed by atoms with Crippen molar-refractivity contribution in [3.8, 4) is 0 Å². The Morgan fingerprint density at radius 2 is 1.55 bits per heavy atom. The van der Waals surface area contributed by atoms with E-state index in [4.69, 9.17) is 0 Å². The van der Waals surface area contributed by atoms with E-state index in [-0.39, 0.29) is 5.78 Å². The fourth-order valence-corrected chi connectivity index (χ4v) is 3.62. The second kappa shape index (κ2) is 8.20. The minimum atomic E-state index is 0.0888. The van der Waals surface area contributed by atoms with Crippen LogP contribution in [0.5, 0.6) is 0 Å². The molecule has 0 radical (unpaired) electrons. The van der Waals surface area contributed by atoms with E-state index in [0.29, 0.717) is 0 Å². The highest BCUT2D eigenvalue weighted by Crippen LogP contribution is 2.48. The fourth-order valence-electron chi connectivity index (χ4n) is 1.97. The van der Waals surface area contributed by atoms with Gasteiger partial charge in [-0.15, -0.1) is 23.5 Å². The number of aryl methyl sites for hydroxylation is 1. The minimum absolute atomic E-state index is 0.0888. The number of hydrogen-bond acceptors (Lipinski definition) is 4. The van der Waals surface area contributed by atoms with Crippen LogP contribution in [0.2, 0.25) is 0 Å². The van der Waals surface area contributed by atoms with Gasteiger partial charge in [0, 0.05) is 28.6 Å². The third kappa shape index (κ3) is 3.81. The Hall–Kier alpha value is -1.52. The normalized spacial score (nSPS) is 12.8. The van der Waals surface area contributed by atoms with Crippen LogP contribution < -0.4 is 0 Å². The first kappa shape index (κ1) is 16.8. The van der Waals surface area contributed by atoms with Gasteiger partial charge in [0.25, 0.3) is 0 Å². The molecule has 1 aromatic heterocycles. The third-order valence-electron chi connectivity index (χ3n) is 3.09. The molecular formula is C18H19NOS2. The van der Waals surface area contributed by atoms with Gasteiger partial charge in [-0.05, 0) is 24.6 Å². The predicted octanol–water partition coefficient (Wildman–Crippen LogP) is 5.41. The molecule has 22 heavy (non-hydrogen) atoms. The maximum absolute atomic E-state index is 12.8. The van der Waals surface area contributed by atoms with Crippen LogP contribution in [0, 0.1) is 6.92 Å². The van der Waals surface area contributed by atoms with E-state index < -0.39 is 0 Å². The largest absolute Gasteiger partial charge is 0.289 e. The Balaban J connectivity index is 0.000000847. The van der Waals surface area contributed by atoms with Gasteiger partial charge in [-0.1, -0.05) is 43.7 Å². The Kier molecular flexibility index (Phi) is 6.28. The van der Waals surface area contributed by atoms with Gasteiger partial charge in [-0.2, -0.15) is 0 Å². The maximum Gasteiger partial charge on any atom is 0.195 e. The van der Waals surface area contributed by atoms with Crippen molar-refractivity contribution in [2.45, 2.75) is 20.8 Å². The molecule has 1 saturated heterocycles. The van der Waals surface area contributed by atoms with Crippen LogP contribution in [-0.2, 0) is 0 Å². The molecule has 2 heterocycles. The van der Waals surface area contributed by atoms with E-state index in [1.807, 2.05) is 57.2 Å². The van der Waals surface area contributed by atoms with E-state index in [9.17, 15) is 4.79 Å². The lowest BCUT2D eigenvalue weighted by atomic mass is 9.98. The summed E-state index contributed by atoms with van der Waals surface area (Å²) in [4.78, 5) is 16.8. The number of thioether (sulfide) groups is 2. The minimum Gasteiger partial charge on any atom is -0.289 e. The zero-order valence-corrected chi connectivity index (χ0v) is 14.6. The number of hydrogen-bond donors (Lipinski definition) is 0. The average molecular weight is 329 g/mol. The molecule has 0 N–H and O–H groups in total. The van der Waals surface area contributed by atoms with E-state index in [1.54, 1.807) is 35.9 Å². The summed E-state index contributed by atoms with van der Waals surface area (Å²) >= 11 is 3.47. The van der Waals surface area contributed by atoms with Gasteiger partial charge >= 0.3 is 0 Å². The predicted molar refractivity (Wildman–Crippen MR) is 98.1 cm³/mol. The number of carbonyl (C=O) groups is 1. The lowest BCUT2D eigenvalue weighted by Gasteiger charge is -2.20. The Morgan fingerprint density at radius 1 is 0.955 bits per heavy atom. The van der Waals surface area contributed by atoms with Crippen LogP contribution in [0.1, 0.15) is 35.3 Å². The first-order chi connectivity index (χ1) is 10.8. The monoisotopic (exact) mass is 329 g/mol. The number of pyridine rings is 1. The van der Waals surface area contributed by atoms with Crippen molar-refractivity contribution in [2.24, 2.45) is 0 Å². The molecule has 0 saturated carbocycles. The van der Waals surface area contributed by atoms with Gasteiger partial charge in [-0.3, -0.25) is 9.78 Å². The van der Waals surface area contributed by atoms with Crippen molar-refractivity contribution < 1.29 is 4.79 Å². The highest BCUT2D eigenvalue weighted by Gasteiger charge is 2.24. The van der Waals surface area contributed by atoms with Crippen molar-refractivity contribution in [3.05, 3.63) is 69.7 Å². The maximum atomic E-state index is 12.8. The van der Waals surface area contributed by atoms with Crippen molar-refractivity contribution in [1.29, 1.82) is 0 Å². The summed E-state index contributed by atoms with van der Waals surface area (Å²) in [5.74, 6) is 0.0888. The molecule has 0 spiro atoms. The highest BCUT2D eigenvalue weighted by molar-refractivity contribution is 8.37. The number of allylic oxidation sites excluding steroid dienone is 1. The standard InChI is InChI=1S/C16H13NOS2.C2H6/c1-11-2-4-13(5-3-11)15(18)14(16-19-10-20-16)12-6-8-17-9-7-12;1-2/h2-9H,10H2,1H3;1-2H3. The molecule has 1 aliphatic heterocycles. The van der Waals surface area contributed by atoms with Crippen molar-refractivity contribution in [1.82, 2.24) is 4.98 Å². The zero-order chi connectivity index (χ0) is 15.9. The average Bonchev–Trinajstić information content (AvgIpc) is 2.53. The van der Waals surface area contributed by atoms with Gasteiger partial charge in [0.2, 0.25) is 0 Å². The summed E-state index contributed by atoms with van der Waals surface area (Å²) < 4.78 is 1.11. The summed E-state index contributed by atoms with van der Waals surface area (Å²) in [6.07, 6.45) is 3.46. The van der Waals surface area contributed by atoms with Gasteiger partial charge in [0.1, 0.15) is 0 Å². The van der Waals surface area contributed by atoms with E-state index in [1.165, 1.54) is 0 Å². The van der Waals surface area contributed by atoms with Crippen LogP contribution >= 0.6 is 23.5 Å². The Bertz CT molecular complexity index is 657. The second-order valence-electron chi connectivity index (χ2n) is 4.50. The van der Waals surface area contributed by atoms with Gasteiger partial charge in [0.15, 0.2) is 5.78 Å². The van der Waals surface area contributed by atoms with Gasteiger partial charge in [-0.25, -0.2) is 0 Å². The Labute approximate surface area is 140 Å². The molecule has 3 rings (SSSR count). The molecule has 1 aliphatic rings. The molecule has 1 aromatic carbocycles. The molecule has 1 fully saturated rings. The summed E-state index contributed by atoms with van der Waals surface area (Å²) in [6.45, 7) is 6.02. The van der Waals surface area contributed by atoms with Crippen molar-refractivity contribution in [2.75, 3.05) is 5.08 Å². The molecule has 0 bridgehead atoms. The third-order valence-corrected chi connectivity index (χ3v) is 5.68. The first-order valence-electron chi connectivity index (χ1n) is 7.27. The summed E-state index contributed by atoms with van der Waals surface area (Å²) in [5.41, 5.74) is 3.65. The number of nitrogens with zero attached hydrogens (tertiary/aromatic N) is 1. The molecule has 0 aliphatic carbocycles. The Morgan fingerprint density at radius 3 is 2.05 bits per heavy atom. The molecule has 0 amide bonds. The second-order valence-corrected chi connectivity index (χ2v) is 7.10. The highest BCUT2D eigenvalue weighted by atomic mass is 32.3. The smallest absolute Gasteiger partial charge is 0.195 e. The van der Waals surface area contributed by atoms with Crippen LogP contribution in [-0.4, -0.2) is 15.9 Å². The summed E-state index contributed by atoms with van der Waals surface area (Å²) in [5, 5.41) is 1.02. The van der Waals surface area contributed by atoms with Crippen LogP contribution in [0.25, 0.3) is 5.57 Å². The summed E-state index contributed by atoms with van der Waals surface area (Å²) in [6, 6.07) is 11.5. The molecular weight excluding hydrogens is 310 g/mol.